The third-order valence-electron chi connectivity index (χ3n) is 2.84. The molecule has 104 valence electrons. The number of anilines is 2. The Kier molecular flexibility index (Phi) is 3.85. The van der Waals surface area contributed by atoms with Crippen LogP contribution >= 0.6 is 11.3 Å². The Labute approximate surface area is 120 Å². The van der Waals surface area contributed by atoms with Crippen LogP contribution in [0.25, 0.3) is 0 Å². The van der Waals surface area contributed by atoms with Crippen molar-refractivity contribution < 1.29 is 14.7 Å². The second-order valence-electron chi connectivity index (χ2n) is 4.36. The summed E-state index contributed by atoms with van der Waals surface area (Å²) in [6.07, 6.45) is 0. The van der Waals surface area contributed by atoms with Crippen molar-refractivity contribution in [1.82, 2.24) is 4.98 Å². The minimum absolute atomic E-state index is 0.153. The maximum absolute atomic E-state index is 11.9. The van der Waals surface area contributed by atoms with E-state index in [1.165, 1.54) is 11.8 Å². The molecule has 0 aliphatic rings. The second kappa shape index (κ2) is 5.42. The van der Waals surface area contributed by atoms with E-state index in [0.717, 1.165) is 16.9 Å². The van der Waals surface area contributed by atoms with Crippen LogP contribution in [-0.2, 0) is 4.79 Å². The highest BCUT2D eigenvalue weighted by Crippen LogP contribution is 2.33. The van der Waals surface area contributed by atoms with Crippen molar-refractivity contribution in [3.05, 3.63) is 40.4 Å². The first-order chi connectivity index (χ1) is 9.41. The molecule has 1 amide bonds. The summed E-state index contributed by atoms with van der Waals surface area (Å²) in [4.78, 5) is 28.8. The Balaban J connectivity index is 2.55. The number of rotatable bonds is 3. The van der Waals surface area contributed by atoms with E-state index < -0.39 is 5.97 Å². The molecule has 1 aromatic heterocycles. The van der Waals surface area contributed by atoms with Gasteiger partial charge in [-0.15, -0.1) is 0 Å². The standard InChI is InChI=1S/C14H14N2O3S/c1-8-6-4-5-7-11(8)16(10(3)17)14-15-9(2)12(20-14)13(18)19/h4-7H,1-3H3,(H,18,19). The van der Waals surface area contributed by atoms with Crippen molar-refractivity contribution in [3.63, 3.8) is 0 Å². The number of aryl methyl sites for hydroxylation is 2. The Hall–Kier alpha value is -2.21. The second-order valence-corrected chi connectivity index (χ2v) is 5.33. The normalized spacial score (nSPS) is 10.3. The molecule has 1 aromatic carbocycles. The van der Waals surface area contributed by atoms with Gasteiger partial charge in [0.1, 0.15) is 4.88 Å². The van der Waals surface area contributed by atoms with Crippen molar-refractivity contribution in [3.8, 4) is 0 Å². The number of hydrogen-bond acceptors (Lipinski definition) is 4. The SMILES string of the molecule is CC(=O)N(c1nc(C)c(C(=O)O)s1)c1ccccc1C. The van der Waals surface area contributed by atoms with Gasteiger partial charge in [-0.1, -0.05) is 29.5 Å². The third kappa shape index (κ3) is 2.55. The van der Waals surface area contributed by atoms with Gasteiger partial charge in [0.15, 0.2) is 5.13 Å². The molecular weight excluding hydrogens is 276 g/mol. The fourth-order valence-corrected chi connectivity index (χ4v) is 2.86. The van der Waals surface area contributed by atoms with Crippen LogP contribution in [0.1, 0.15) is 27.9 Å². The third-order valence-corrected chi connectivity index (χ3v) is 3.97. The van der Waals surface area contributed by atoms with Gasteiger partial charge in [-0.25, -0.2) is 9.78 Å². The molecule has 0 fully saturated rings. The van der Waals surface area contributed by atoms with Gasteiger partial charge in [-0.05, 0) is 25.5 Å². The minimum atomic E-state index is -1.03. The minimum Gasteiger partial charge on any atom is -0.477 e. The van der Waals surface area contributed by atoms with Crippen molar-refractivity contribution in [2.45, 2.75) is 20.8 Å². The molecule has 1 N–H and O–H groups in total. The molecule has 2 rings (SSSR count). The Morgan fingerprint density at radius 2 is 1.90 bits per heavy atom. The fourth-order valence-electron chi connectivity index (χ4n) is 1.90. The molecule has 0 aliphatic carbocycles. The molecule has 0 aliphatic heterocycles. The topological polar surface area (TPSA) is 70.5 Å². The summed E-state index contributed by atoms with van der Waals surface area (Å²) in [7, 11) is 0. The molecule has 0 saturated heterocycles. The molecule has 0 bridgehead atoms. The van der Waals surface area contributed by atoms with Gasteiger partial charge in [-0.3, -0.25) is 9.69 Å². The lowest BCUT2D eigenvalue weighted by Crippen LogP contribution is -2.23. The van der Waals surface area contributed by atoms with E-state index in [1.807, 2.05) is 31.2 Å². The number of hydrogen-bond donors (Lipinski definition) is 1. The molecule has 5 nitrogen and oxygen atoms in total. The van der Waals surface area contributed by atoms with Crippen LogP contribution in [0.4, 0.5) is 10.8 Å². The Bertz CT molecular complexity index is 679. The number of aromatic carboxylic acids is 1. The van der Waals surface area contributed by atoms with Gasteiger partial charge in [-0.2, -0.15) is 0 Å². The molecule has 1 heterocycles. The van der Waals surface area contributed by atoms with E-state index in [4.69, 9.17) is 5.11 Å². The van der Waals surface area contributed by atoms with Crippen LogP contribution < -0.4 is 4.90 Å². The van der Waals surface area contributed by atoms with Gasteiger partial charge in [0, 0.05) is 6.92 Å². The predicted octanol–water partition coefficient (Wildman–Crippen LogP) is 3.14. The Morgan fingerprint density at radius 1 is 1.25 bits per heavy atom. The number of carboxylic acids is 1. The van der Waals surface area contributed by atoms with Crippen LogP contribution in [0.5, 0.6) is 0 Å². The maximum Gasteiger partial charge on any atom is 0.347 e. The molecule has 20 heavy (non-hydrogen) atoms. The quantitative estimate of drug-likeness (QED) is 0.942. The zero-order valence-electron chi connectivity index (χ0n) is 11.4. The highest BCUT2D eigenvalue weighted by molar-refractivity contribution is 7.17. The average molecular weight is 290 g/mol. The predicted molar refractivity (Wildman–Crippen MR) is 77.8 cm³/mol. The number of carboxylic acid groups (broad SMARTS) is 1. The molecule has 0 saturated carbocycles. The van der Waals surface area contributed by atoms with Crippen molar-refractivity contribution in [2.24, 2.45) is 0 Å². The van der Waals surface area contributed by atoms with E-state index in [-0.39, 0.29) is 10.8 Å². The first-order valence-electron chi connectivity index (χ1n) is 5.99. The number of aromatic nitrogens is 1. The zero-order chi connectivity index (χ0) is 14.9. The van der Waals surface area contributed by atoms with Crippen molar-refractivity contribution >= 4 is 34.0 Å². The Morgan fingerprint density at radius 3 is 2.40 bits per heavy atom. The van der Waals surface area contributed by atoms with E-state index in [9.17, 15) is 9.59 Å². The number of carbonyl (C=O) groups is 2. The summed E-state index contributed by atoms with van der Waals surface area (Å²) in [6.45, 7) is 4.95. The average Bonchev–Trinajstić information content (AvgIpc) is 2.73. The summed E-state index contributed by atoms with van der Waals surface area (Å²) < 4.78 is 0. The number of thiazole rings is 1. The number of para-hydroxylation sites is 1. The zero-order valence-corrected chi connectivity index (χ0v) is 12.2. The monoisotopic (exact) mass is 290 g/mol. The molecular formula is C14H14N2O3S. The lowest BCUT2D eigenvalue weighted by atomic mass is 10.2. The maximum atomic E-state index is 11.9. The van der Waals surface area contributed by atoms with E-state index in [0.29, 0.717) is 16.5 Å². The smallest absolute Gasteiger partial charge is 0.347 e. The molecule has 6 heteroatoms. The van der Waals surface area contributed by atoms with E-state index >= 15 is 0 Å². The summed E-state index contributed by atoms with van der Waals surface area (Å²) in [5.74, 6) is -1.23. The van der Waals surface area contributed by atoms with Gasteiger partial charge < -0.3 is 5.11 Å². The van der Waals surface area contributed by atoms with Gasteiger partial charge >= 0.3 is 5.97 Å². The number of amides is 1. The first-order valence-corrected chi connectivity index (χ1v) is 6.80. The molecule has 0 unspecified atom stereocenters. The van der Waals surface area contributed by atoms with Gasteiger partial charge in [0.05, 0.1) is 11.4 Å². The van der Waals surface area contributed by atoms with E-state index in [2.05, 4.69) is 4.98 Å². The largest absolute Gasteiger partial charge is 0.477 e. The molecule has 0 atom stereocenters. The number of benzene rings is 1. The molecule has 2 aromatic rings. The lowest BCUT2D eigenvalue weighted by Gasteiger charge is -2.19. The summed E-state index contributed by atoms with van der Waals surface area (Å²) in [6, 6.07) is 7.42. The van der Waals surface area contributed by atoms with Crippen molar-refractivity contribution in [2.75, 3.05) is 4.90 Å². The van der Waals surface area contributed by atoms with Crippen LogP contribution in [0.3, 0.4) is 0 Å². The fraction of sp³-hybridized carbons (Fsp3) is 0.214. The summed E-state index contributed by atoms with van der Waals surface area (Å²) >= 11 is 1.00. The van der Waals surface area contributed by atoms with Crippen LogP contribution in [0.2, 0.25) is 0 Å². The van der Waals surface area contributed by atoms with Crippen LogP contribution in [-0.4, -0.2) is 22.0 Å². The van der Waals surface area contributed by atoms with Crippen molar-refractivity contribution in [1.29, 1.82) is 0 Å². The lowest BCUT2D eigenvalue weighted by molar-refractivity contribution is -0.115. The first kappa shape index (κ1) is 14.2. The van der Waals surface area contributed by atoms with Crippen LogP contribution in [0.15, 0.2) is 24.3 Å². The molecule has 0 radical (unpaired) electrons. The highest BCUT2D eigenvalue weighted by Gasteiger charge is 2.23. The van der Waals surface area contributed by atoms with Gasteiger partial charge in [0.25, 0.3) is 0 Å². The molecule has 0 spiro atoms. The number of carbonyl (C=O) groups excluding carboxylic acids is 1. The summed E-state index contributed by atoms with van der Waals surface area (Å²) in [5, 5.41) is 9.47. The number of nitrogens with zero attached hydrogens (tertiary/aromatic N) is 2. The highest BCUT2D eigenvalue weighted by atomic mass is 32.1. The van der Waals surface area contributed by atoms with Crippen LogP contribution in [0, 0.1) is 13.8 Å². The summed E-state index contributed by atoms with van der Waals surface area (Å²) in [5.41, 5.74) is 2.05. The van der Waals surface area contributed by atoms with E-state index in [1.54, 1.807) is 6.92 Å². The van der Waals surface area contributed by atoms with Gasteiger partial charge in [0.2, 0.25) is 5.91 Å².